The van der Waals surface area contributed by atoms with Crippen LogP contribution < -0.4 is 11.3 Å². The van der Waals surface area contributed by atoms with Crippen molar-refractivity contribution in [3.8, 4) is 0 Å². The minimum absolute atomic E-state index is 0.396. The summed E-state index contributed by atoms with van der Waals surface area (Å²) >= 11 is 0. The summed E-state index contributed by atoms with van der Waals surface area (Å²) in [5.74, 6) is 6.49. The molecule has 1 unspecified atom stereocenters. The van der Waals surface area contributed by atoms with Crippen molar-refractivity contribution in [1.29, 1.82) is 0 Å². The molecule has 0 amide bonds. The van der Waals surface area contributed by atoms with Crippen LogP contribution in [0, 0.1) is 5.92 Å². The van der Waals surface area contributed by atoms with E-state index < -0.39 is 0 Å². The van der Waals surface area contributed by atoms with Crippen molar-refractivity contribution in [3.05, 3.63) is 18.0 Å². The second-order valence-corrected chi connectivity index (χ2v) is 5.60. The van der Waals surface area contributed by atoms with E-state index in [-0.39, 0.29) is 0 Å². The van der Waals surface area contributed by atoms with Crippen LogP contribution in [0.25, 0.3) is 0 Å². The fraction of sp³-hybridized carbons (Fsp3) is 0.786. The summed E-state index contributed by atoms with van der Waals surface area (Å²) in [5, 5.41) is 4.23. The van der Waals surface area contributed by atoms with Gasteiger partial charge in [-0.1, -0.05) is 32.1 Å². The molecule has 2 rings (SSSR count). The Bertz CT molecular complexity index is 339. The number of nitrogens with one attached hydrogen (secondary N) is 1. The van der Waals surface area contributed by atoms with Crippen molar-refractivity contribution in [2.75, 3.05) is 0 Å². The van der Waals surface area contributed by atoms with Gasteiger partial charge in [0.2, 0.25) is 0 Å². The van der Waals surface area contributed by atoms with Crippen LogP contribution in [0.2, 0.25) is 0 Å². The first-order valence-corrected chi connectivity index (χ1v) is 7.23. The first-order chi connectivity index (χ1) is 8.79. The van der Waals surface area contributed by atoms with Crippen molar-refractivity contribution in [1.82, 2.24) is 15.2 Å². The van der Waals surface area contributed by atoms with E-state index >= 15 is 0 Å². The van der Waals surface area contributed by atoms with Crippen molar-refractivity contribution < 1.29 is 0 Å². The van der Waals surface area contributed by atoms with Gasteiger partial charge in [-0.25, -0.2) is 0 Å². The Morgan fingerprint density at radius 1 is 1.33 bits per heavy atom. The van der Waals surface area contributed by atoms with Crippen LogP contribution in [-0.2, 0) is 13.5 Å². The molecule has 1 aliphatic rings. The maximum Gasteiger partial charge on any atom is 0.0522 e. The molecule has 0 saturated heterocycles. The summed E-state index contributed by atoms with van der Waals surface area (Å²) in [6, 6.07) is 0.396. The molecule has 0 bridgehead atoms. The Hall–Kier alpha value is -0.870. The van der Waals surface area contributed by atoms with Gasteiger partial charge in [0.25, 0.3) is 0 Å². The lowest BCUT2D eigenvalue weighted by atomic mass is 9.84. The zero-order valence-corrected chi connectivity index (χ0v) is 11.4. The second-order valence-electron chi connectivity index (χ2n) is 5.60. The lowest BCUT2D eigenvalue weighted by Crippen LogP contribution is -2.42. The molecule has 0 aromatic carbocycles. The van der Waals surface area contributed by atoms with Crippen LogP contribution in [0.5, 0.6) is 0 Å². The minimum Gasteiger partial charge on any atom is -0.276 e. The summed E-state index contributed by atoms with van der Waals surface area (Å²) in [7, 11) is 1.96. The van der Waals surface area contributed by atoms with Gasteiger partial charge in [-0.15, -0.1) is 0 Å². The van der Waals surface area contributed by atoms with E-state index in [4.69, 9.17) is 5.84 Å². The first-order valence-electron chi connectivity index (χ1n) is 7.23. The maximum atomic E-state index is 5.77. The zero-order chi connectivity index (χ0) is 12.8. The summed E-state index contributed by atoms with van der Waals surface area (Å²) in [4.78, 5) is 0. The summed E-state index contributed by atoms with van der Waals surface area (Å²) in [6.07, 6.45) is 14.6. The number of hydrogen-bond donors (Lipinski definition) is 2. The van der Waals surface area contributed by atoms with Crippen molar-refractivity contribution in [3.63, 3.8) is 0 Å². The molecule has 1 aromatic rings. The normalized spacial score (nSPS) is 20.3. The van der Waals surface area contributed by atoms with E-state index in [1.165, 1.54) is 50.5 Å². The highest BCUT2D eigenvalue weighted by Gasteiger charge is 2.21. The quantitative estimate of drug-likeness (QED) is 0.636. The van der Waals surface area contributed by atoms with Gasteiger partial charge in [0.05, 0.1) is 6.20 Å². The molecule has 4 heteroatoms. The van der Waals surface area contributed by atoms with Gasteiger partial charge >= 0.3 is 0 Å². The van der Waals surface area contributed by atoms with Gasteiger partial charge < -0.3 is 0 Å². The van der Waals surface area contributed by atoms with Gasteiger partial charge in [0.1, 0.15) is 0 Å². The van der Waals surface area contributed by atoms with E-state index in [1.54, 1.807) is 0 Å². The average Bonchev–Trinajstić information content (AvgIpc) is 2.72. The molecule has 1 atom stereocenters. The smallest absolute Gasteiger partial charge is 0.0522 e. The molecule has 0 aliphatic heterocycles. The van der Waals surface area contributed by atoms with Gasteiger partial charge in [0, 0.05) is 19.3 Å². The highest BCUT2D eigenvalue weighted by atomic mass is 15.2. The molecule has 1 heterocycles. The zero-order valence-electron chi connectivity index (χ0n) is 11.4. The van der Waals surface area contributed by atoms with Gasteiger partial charge in [-0.2, -0.15) is 5.10 Å². The first kappa shape index (κ1) is 13.6. The van der Waals surface area contributed by atoms with E-state index in [9.17, 15) is 0 Å². The van der Waals surface area contributed by atoms with Gasteiger partial charge in [-0.05, 0) is 30.7 Å². The number of nitrogens with two attached hydrogens (primary N) is 1. The third kappa shape index (κ3) is 3.82. The number of aromatic nitrogens is 2. The van der Waals surface area contributed by atoms with E-state index in [0.717, 1.165) is 12.3 Å². The second kappa shape index (κ2) is 6.90. The summed E-state index contributed by atoms with van der Waals surface area (Å²) in [6.45, 7) is 0. The highest BCUT2D eigenvalue weighted by molar-refractivity contribution is 5.06. The van der Waals surface area contributed by atoms with Crippen molar-refractivity contribution >= 4 is 0 Å². The summed E-state index contributed by atoms with van der Waals surface area (Å²) in [5.41, 5.74) is 4.32. The Balaban J connectivity index is 1.93. The van der Waals surface area contributed by atoms with Crippen LogP contribution in [0.4, 0.5) is 0 Å². The molecule has 102 valence electrons. The Morgan fingerprint density at radius 2 is 2.00 bits per heavy atom. The Morgan fingerprint density at radius 3 is 2.56 bits per heavy atom. The Labute approximate surface area is 110 Å². The molecule has 1 aliphatic carbocycles. The van der Waals surface area contributed by atoms with Crippen LogP contribution in [0.3, 0.4) is 0 Å². The predicted molar refractivity (Wildman–Crippen MR) is 73.8 cm³/mol. The standard InChI is InChI=1S/C14H26N4/c1-18-11-12(10-16-18)9-14(17-15)13-7-5-3-2-4-6-8-13/h10-11,13-14,17H,2-9,15H2,1H3. The number of aryl methyl sites for hydroxylation is 1. The predicted octanol–water partition coefficient (Wildman–Crippen LogP) is 2.15. The van der Waals surface area contributed by atoms with E-state index in [0.29, 0.717) is 6.04 Å². The molecule has 0 spiro atoms. The average molecular weight is 250 g/mol. The maximum absolute atomic E-state index is 5.77. The minimum atomic E-state index is 0.396. The number of nitrogens with zero attached hydrogens (tertiary/aromatic N) is 2. The van der Waals surface area contributed by atoms with Crippen LogP contribution in [-0.4, -0.2) is 15.8 Å². The molecule has 4 nitrogen and oxygen atoms in total. The molecule has 3 N–H and O–H groups in total. The van der Waals surface area contributed by atoms with Gasteiger partial charge in [-0.3, -0.25) is 16.0 Å². The molecular formula is C14H26N4. The molecule has 1 saturated carbocycles. The molecule has 1 fully saturated rings. The topological polar surface area (TPSA) is 55.9 Å². The number of hydrazine groups is 1. The van der Waals surface area contributed by atoms with E-state index in [2.05, 4.69) is 16.7 Å². The number of rotatable bonds is 4. The van der Waals surface area contributed by atoms with Crippen LogP contribution in [0.15, 0.2) is 12.4 Å². The largest absolute Gasteiger partial charge is 0.276 e. The van der Waals surface area contributed by atoms with Crippen LogP contribution >= 0.6 is 0 Å². The summed E-state index contributed by atoms with van der Waals surface area (Å²) < 4.78 is 1.86. The highest BCUT2D eigenvalue weighted by Crippen LogP contribution is 2.26. The third-order valence-corrected chi connectivity index (χ3v) is 4.15. The number of hydrogen-bond acceptors (Lipinski definition) is 3. The van der Waals surface area contributed by atoms with Gasteiger partial charge in [0.15, 0.2) is 0 Å². The molecule has 0 radical (unpaired) electrons. The molecular weight excluding hydrogens is 224 g/mol. The molecule has 1 aromatic heterocycles. The fourth-order valence-electron chi connectivity index (χ4n) is 3.08. The lowest BCUT2D eigenvalue weighted by Gasteiger charge is -2.28. The monoisotopic (exact) mass is 250 g/mol. The lowest BCUT2D eigenvalue weighted by molar-refractivity contribution is 0.285. The fourth-order valence-corrected chi connectivity index (χ4v) is 3.08. The van der Waals surface area contributed by atoms with Crippen molar-refractivity contribution in [2.24, 2.45) is 18.8 Å². The van der Waals surface area contributed by atoms with Crippen molar-refractivity contribution in [2.45, 2.75) is 57.4 Å². The SMILES string of the molecule is Cn1cc(CC(NN)C2CCCCCCC2)cn1. The Kier molecular flexibility index (Phi) is 5.20. The van der Waals surface area contributed by atoms with E-state index in [1.807, 2.05) is 17.9 Å². The van der Waals surface area contributed by atoms with Crippen LogP contribution in [0.1, 0.15) is 50.5 Å². The molecule has 18 heavy (non-hydrogen) atoms. The third-order valence-electron chi connectivity index (χ3n) is 4.15.